The Morgan fingerprint density at radius 3 is 0.917 bits per heavy atom. The molecule has 0 heterocycles. The minimum absolute atomic E-state index is 0.321. The monoisotopic (exact) mass is 677 g/mol. The Morgan fingerprint density at radius 1 is 0.396 bits per heavy atom. The molecule has 1 rings (SSSR count). The average Bonchev–Trinajstić information content (AvgIpc) is 3.07. The van der Waals surface area contributed by atoms with Gasteiger partial charge in [0, 0.05) is 0 Å². The molecule has 0 aromatic carbocycles. The molecule has 0 aliphatic heterocycles. The van der Waals surface area contributed by atoms with Crippen LogP contribution in [0.15, 0.2) is 0 Å². The number of hydrogen-bond acceptors (Lipinski definition) is 4. The predicted molar refractivity (Wildman–Crippen MR) is 206 cm³/mol. The summed E-state index contributed by atoms with van der Waals surface area (Å²) in [6.07, 6.45) is 40.8. The Bertz CT molecular complexity index is 669. The maximum atomic E-state index is 13.2. The van der Waals surface area contributed by atoms with Gasteiger partial charge in [-0.05, 0) is 37.5 Å². The van der Waals surface area contributed by atoms with Crippen molar-refractivity contribution < 1.29 is 19.1 Å². The second kappa shape index (κ2) is 31.9. The average molecular weight is 677 g/mol. The van der Waals surface area contributed by atoms with Crippen molar-refractivity contribution in [1.29, 1.82) is 0 Å². The van der Waals surface area contributed by atoms with Crippen LogP contribution < -0.4 is 0 Å². The first-order valence-corrected chi connectivity index (χ1v) is 21.7. The Morgan fingerprint density at radius 2 is 0.646 bits per heavy atom. The van der Waals surface area contributed by atoms with E-state index in [1.165, 1.54) is 154 Å². The predicted octanol–water partition coefficient (Wildman–Crippen LogP) is 14.3. The van der Waals surface area contributed by atoms with Gasteiger partial charge in [-0.1, -0.05) is 214 Å². The van der Waals surface area contributed by atoms with Crippen molar-refractivity contribution in [3.63, 3.8) is 0 Å². The van der Waals surface area contributed by atoms with Crippen molar-refractivity contribution in [3.8, 4) is 0 Å². The molecule has 4 nitrogen and oxygen atoms in total. The summed E-state index contributed by atoms with van der Waals surface area (Å²) in [5.74, 6) is 1.07. The SMILES string of the molecule is CC(C)CCCCCCCCCCCCCCCOC(=O)C1(C(=O)OCCCCCCCCCCCCCCCC(C)C)CCCCC1. The molecular formula is C44H84O4. The first kappa shape index (κ1) is 45.0. The van der Waals surface area contributed by atoms with Crippen LogP contribution in [-0.2, 0) is 19.1 Å². The topological polar surface area (TPSA) is 52.6 Å². The number of esters is 2. The van der Waals surface area contributed by atoms with Crippen LogP contribution in [0, 0.1) is 17.3 Å². The molecule has 0 aromatic heterocycles. The second-order valence-corrected chi connectivity index (χ2v) is 16.5. The van der Waals surface area contributed by atoms with Crippen LogP contribution in [0.3, 0.4) is 0 Å². The summed E-state index contributed by atoms with van der Waals surface area (Å²) in [6, 6.07) is 0. The van der Waals surface area contributed by atoms with Gasteiger partial charge in [0.1, 0.15) is 0 Å². The lowest BCUT2D eigenvalue weighted by Gasteiger charge is -2.32. The summed E-state index contributed by atoms with van der Waals surface area (Å²) in [6.45, 7) is 10.2. The fourth-order valence-electron chi connectivity index (χ4n) is 7.45. The molecule has 48 heavy (non-hydrogen) atoms. The maximum Gasteiger partial charge on any atom is 0.323 e. The fourth-order valence-corrected chi connectivity index (χ4v) is 7.45. The maximum absolute atomic E-state index is 13.2. The molecule has 0 radical (unpaired) electrons. The van der Waals surface area contributed by atoms with E-state index < -0.39 is 5.41 Å². The molecule has 0 unspecified atom stereocenters. The smallest absolute Gasteiger partial charge is 0.323 e. The quantitative estimate of drug-likeness (QED) is 0.0387. The van der Waals surface area contributed by atoms with E-state index in [2.05, 4.69) is 27.7 Å². The molecule has 1 aliphatic rings. The Labute approximate surface area is 300 Å². The van der Waals surface area contributed by atoms with Gasteiger partial charge in [-0.15, -0.1) is 0 Å². The van der Waals surface area contributed by atoms with Crippen molar-refractivity contribution >= 4 is 11.9 Å². The van der Waals surface area contributed by atoms with Crippen molar-refractivity contribution in [1.82, 2.24) is 0 Å². The molecule has 0 atom stereocenters. The van der Waals surface area contributed by atoms with E-state index in [0.717, 1.165) is 56.8 Å². The number of carbonyl (C=O) groups excluding carboxylic acids is 2. The molecule has 1 aliphatic carbocycles. The number of unbranched alkanes of at least 4 members (excludes halogenated alkanes) is 24. The molecule has 1 saturated carbocycles. The highest BCUT2D eigenvalue weighted by atomic mass is 16.6. The number of hydrogen-bond donors (Lipinski definition) is 0. The van der Waals surface area contributed by atoms with Gasteiger partial charge in [-0.25, -0.2) is 0 Å². The van der Waals surface area contributed by atoms with E-state index in [1.54, 1.807) is 0 Å². The van der Waals surface area contributed by atoms with Crippen LogP contribution in [0.4, 0.5) is 0 Å². The molecular weight excluding hydrogens is 592 g/mol. The lowest BCUT2D eigenvalue weighted by atomic mass is 9.74. The van der Waals surface area contributed by atoms with Gasteiger partial charge in [-0.2, -0.15) is 0 Å². The largest absolute Gasteiger partial charge is 0.465 e. The number of ether oxygens (including phenoxy) is 2. The van der Waals surface area contributed by atoms with Gasteiger partial charge < -0.3 is 9.47 Å². The molecule has 0 amide bonds. The normalized spacial score (nSPS) is 14.5. The molecule has 0 saturated heterocycles. The lowest BCUT2D eigenvalue weighted by Crippen LogP contribution is -2.43. The van der Waals surface area contributed by atoms with Crippen LogP contribution >= 0.6 is 0 Å². The molecule has 0 aromatic rings. The summed E-state index contributed by atoms with van der Waals surface area (Å²) in [4.78, 5) is 26.4. The van der Waals surface area contributed by atoms with Crippen molar-refractivity contribution in [3.05, 3.63) is 0 Å². The van der Waals surface area contributed by atoms with E-state index >= 15 is 0 Å². The zero-order valence-electron chi connectivity index (χ0n) is 33.0. The van der Waals surface area contributed by atoms with Crippen LogP contribution in [0.1, 0.15) is 240 Å². The van der Waals surface area contributed by atoms with Gasteiger partial charge in [-0.3, -0.25) is 9.59 Å². The molecule has 0 bridgehead atoms. The third-order valence-electron chi connectivity index (χ3n) is 10.8. The molecule has 1 fully saturated rings. The van der Waals surface area contributed by atoms with Crippen LogP contribution in [-0.4, -0.2) is 25.2 Å². The third-order valence-corrected chi connectivity index (χ3v) is 10.8. The first-order chi connectivity index (χ1) is 23.4. The minimum atomic E-state index is -1.06. The lowest BCUT2D eigenvalue weighted by molar-refractivity contribution is -0.175. The van der Waals surface area contributed by atoms with Gasteiger partial charge in [0.2, 0.25) is 0 Å². The molecule has 0 spiro atoms. The second-order valence-electron chi connectivity index (χ2n) is 16.5. The minimum Gasteiger partial charge on any atom is -0.465 e. The third kappa shape index (κ3) is 25.0. The van der Waals surface area contributed by atoms with Crippen LogP contribution in [0.2, 0.25) is 0 Å². The van der Waals surface area contributed by atoms with E-state index in [9.17, 15) is 9.59 Å². The summed E-state index contributed by atoms with van der Waals surface area (Å²) < 4.78 is 11.4. The van der Waals surface area contributed by atoms with Crippen molar-refractivity contribution in [2.45, 2.75) is 240 Å². The van der Waals surface area contributed by atoms with Crippen LogP contribution in [0.5, 0.6) is 0 Å². The van der Waals surface area contributed by atoms with E-state index in [0.29, 0.717) is 26.1 Å². The van der Waals surface area contributed by atoms with Crippen molar-refractivity contribution in [2.75, 3.05) is 13.2 Å². The number of rotatable bonds is 34. The standard InChI is InChI=1S/C44H84O4/c1-40(2)34-28-23-19-15-11-7-5-9-13-17-21-25-32-38-47-42(45)44(36-30-27-31-37-44)43(46)48-39-33-26-22-18-14-10-6-8-12-16-20-24-29-35-41(3)4/h40-41H,5-39H2,1-4H3. The van der Waals surface area contributed by atoms with E-state index in [1.807, 2.05) is 0 Å². The van der Waals surface area contributed by atoms with Gasteiger partial charge in [0.05, 0.1) is 13.2 Å². The fraction of sp³-hybridized carbons (Fsp3) is 0.955. The van der Waals surface area contributed by atoms with Gasteiger partial charge >= 0.3 is 11.9 Å². The molecule has 284 valence electrons. The highest BCUT2D eigenvalue weighted by Crippen LogP contribution is 2.39. The highest BCUT2D eigenvalue weighted by molar-refractivity contribution is 6.00. The van der Waals surface area contributed by atoms with Crippen molar-refractivity contribution in [2.24, 2.45) is 17.3 Å². The van der Waals surface area contributed by atoms with E-state index in [-0.39, 0.29) is 11.9 Å². The Hall–Kier alpha value is -1.06. The molecule has 4 heteroatoms. The van der Waals surface area contributed by atoms with Gasteiger partial charge in [0.15, 0.2) is 5.41 Å². The van der Waals surface area contributed by atoms with Gasteiger partial charge in [0.25, 0.3) is 0 Å². The Balaban J connectivity index is 2.02. The summed E-state index contributed by atoms with van der Waals surface area (Å²) in [5.41, 5.74) is -1.06. The van der Waals surface area contributed by atoms with Crippen LogP contribution in [0.25, 0.3) is 0 Å². The zero-order valence-corrected chi connectivity index (χ0v) is 33.0. The van der Waals surface area contributed by atoms with E-state index in [4.69, 9.17) is 9.47 Å². The highest BCUT2D eigenvalue weighted by Gasteiger charge is 2.49. The summed E-state index contributed by atoms with van der Waals surface area (Å²) in [7, 11) is 0. The number of carbonyl (C=O) groups is 2. The summed E-state index contributed by atoms with van der Waals surface area (Å²) in [5, 5.41) is 0. The first-order valence-electron chi connectivity index (χ1n) is 21.7. The Kier molecular flexibility index (Phi) is 29.9. The molecule has 0 N–H and O–H groups in total. The summed E-state index contributed by atoms with van der Waals surface area (Å²) >= 11 is 0. The zero-order chi connectivity index (χ0) is 35.0.